The van der Waals surface area contributed by atoms with Crippen molar-refractivity contribution in [1.82, 2.24) is 4.98 Å². The predicted molar refractivity (Wildman–Crippen MR) is 81.8 cm³/mol. The minimum atomic E-state index is 0.707. The van der Waals surface area contributed by atoms with E-state index in [1.165, 1.54) is 0 Å². The minimum Gasteiger partial charge on any atom is -0.384 e. The van der Waals surface area contributed by atoms with Gasteiger partial charge in [0.25, 0.3) is 0 Å². The number of hydrogen-bond acceptors (Lipinski definition) is 4. The van der Waals surface area contributed by atoms with Crippen LogP contribution in [-0.2, 0) is 4.74 Å². The standard InChI is InChI=1S/C15H27N3O/c1-4-6-17-14-10-15(12-16-11-14)18-7-9-19-8-5-13(2)3/h10-13,17-18H,4-9H2,1-3H3. The summed E-state index contributed by atoms with van der Waals surface area (Å²) in [6.45, 7) is 9.94. The molecule has 0 saturated carbocycles. The summed E-state index contributed by atoms with van der Waals surface area (Å²) in [6, 6.07) is 2.08. The molecule has 0 amide bonds. The van der Waals surface area contributed by atoms with Crippen LogP contribution < -0.4 is 10.6 Å². The molecule has 0 aromatic carbocycles. The first-order valence-electron chi connectivity index (χ1n) is 7.23. The molecule has 0 spiro atoms. The average molecular weight is 265 g/mol. The first kappa shape index (κ1) is 15.8. The van der Waals surface area contributed by atoms with Crippen molar-refractivity contribution in [3.63, 3.8) is 0 Å². The first-order valence-corrected chi connectivity index (χ1v) is 7.23. The molecule has 1 heterocycles. The van der Waals surface area contributed by atoms with E-state index in [1.54, 1.807) is 0 Å². The molecular formula is C15H27N3O. The number of rotatable bonds is 10. The lowest BCUT2D eigenvalue weighted by atomic mass is 10.1. The Hall–Kier alpha value is -1.29. The van der Waals surface area contributed by atoms with Gasteiger partial charge in [0.15, 0.2) is 0 Å². The molecule has 0 aliphatic carbocycles. The maximum absolute atomic E-state index is 5.56. The number of aromatic nitrogens is 1. The van der Waals surface area contributed by atoms with Crippen LogP contribution in [0.15, 0.2) is 18.5 Å². The molecule has 108 valence electrons. The molecule has 0 bridgehead atoms. The molecule has 4 nitrogen and oxygen atoms in total. The number of anilines is 2. The zero-order chi connectivity index (χ0) is 13.9. The highest BCUT2D eigenvalue weighted by atomic mass is 16.5. The SMILES string of the molecule is CCCNc1cncc(NCCOCCC(C)C)c1. The Morgan fingerprint density at radius 1 is 1.11 bits per heavy atom. The van der Waals surface area contributed by atoms with Crippen LogP contribution in [0, 0.1) is 5.92 Å². The van der Waals surface area contributed by atoms with Gasteiger partial charge in [0.2, 0.25) is 0 Å². The fourth-order valence-corrected chi connectivity index (χ4v) is 1.59. The quantitative estimate of drug-likeness (QED) is 0.637. The maximum atomic E-state index is 5.56. The summed E-state index contributed by atoms with van der Waals surface area (Å²) in [5.74, 6) is 0.707. The van der Waals surface area contributed by atoms with E-state index in [1.807, 2.05) is 12.4 Å². The van der Waals surface area contributed by atoms with Crippen molar-refractivity contribution in [3.05, 3.63) is 18.5 Å². The van der Waals surface area contributed by atoms with Crippen molar-refractivity contribution in [1.29, 1.82) is 0 Å². The normalized spacial score (nSPS) is 10.7. The number of hydrogen-bond donors (Lipinski definition) is 2. The second-order valence-electron chi connectivity index (χ2n) is 5.11. The number of pyridine rings is 1. The van der Waals surface area contributed by atoms with Crippen molar-refractivity contribution in [2.45, 2.75) is 33.6 Å². The molecule has 1 aromatic heterocycles. The molecule has 0 radical (unpaired) electrons. The van der Waals surface area contributed by atoms with E-state index in [-0.39, 0.29) is 0 Å². The zero-order valence-electron chi connectivity index (χ0n) is 12.4. The van der Waals surface area contributed by atoms with Gasteiger partial charge in [-0.15, -0.1) is 0 Å². The highest BCUT2D eigenvalue weighted by Crippen LogP contribution is 2.12. The van der Waals surface area contributed by atoms with Gasteiger partial charge in [-0.1, -0.05) is 20.8 Å². The van der Waals surface area contributed by atoms with Gasteiger partial charge < -0.3 is 15.4 Å². The van der Waals surface area contributed by atoms with Crippen molar-refractivity contribution < 1.29 is 4.74 Å². The molecule has 0 aliphatic heterocycles. The summed E-state index contributed by atoms with van der Waals surface area (Å²) in [4.78, 5) is 4.21. The van der Waals surface area contributed by atoms with Gasteiger partial charge >= 0.3 is 0 Å². The van der Waals surface area contributed by atoms with E-state index in [0.717, 1.165) is 50.5 Å². The highest BCUT2D eigenvalue weighted by molar-refractivity contribution is 5.53. The van der Waals surface area contributed by atoms with Crippen LogP contribution in [0.2, 0.25) is 0 Å². The minimum absolute atomic E-state index is 0.707. The summed E-state index contributed by atoms with van der Waals surface area (Å²) in [7, 11) is 0. The molecule has 19 heavy (non-hydrogen) atoms. The third kappa shape index (κ3) is 7.67. The Morgan fingerprint density at radius 3 is 2.42 bits per heavy atom. The highest BCUT2D eigenvalue weighted by Gasteiger charge is 1.97. The van der Waals surface area contributed by atoms with E-state index in [4.69, 9.17) is 4.74 Å². The van der Waals surface area contributed by atoms with Crippen molar-refractivity contribution in [3.8, 4) is 0 Å². The molecule has 1 aromatic rings. The van der Waals surface area contributed by atoms with Crippen LogP contribution in [0.25, 0.3) is 0 Å². The fourth-order valence-electron chi connectivity index (χ4n) is 1.59. The molecule has 0 unspecified atom stereocenters. The summed E-state index contributed by atoms with van der Waals surface area (Å²) < 4.78 is 5.56. The summed E-state index contributed by atoms with van der Waals surface area (Å²) in [5, 5.41) is 6.65. The van der Waals surface area contributed by atoms with Crippen LogP contribution in [-0.4, -0.2) is 31.3 Å². The fraction of sp³-hybridized carbons (Fsp3) is 0.667. The Balaban J connectivity index is 2.18. The van der Waals surface area contributed by atoms with E-state index in [2.05, 4.69) is 42.5 Å². The largest absolute Gasteiger partial charge is 0.384 e. The molecule has 0 saturated heterocycles. The molecule has 0 fully saturated rings. The average Bonchev–Trinajstić information content (AvgIpc) is 2.40. The summed E-state index contributed by atoms with van der Waals surface area (Å²) >= 11 is 0. The van der Waals surface area contributed by atoms with E-state index in [9.17, 15) is 0 Å². The summed E-state index contributed by atoms with van der Waals surface area (Å²) in [6.07, 6.45) is 5.92. The Kier molecular flexibility index (Phi) is 7.98. The van der Waals surface area contributed by atoms with Gasteiger partial charge in [0.05, 0.1) is 30.4 Å². The summed E-state index contributed by atoms with van der Waals surface area (Å²) in [5.41, 5.74) is 2.10. The Labute approximate surface area is 117 Å². The van der Waals surface area contributed by atoms with E-state index in [0.29, 0.717) is 5.92 Å². The Bertz CT molecular complexity index is 342. The first-order chi connectivity index (χ1) is 9.22. The van der Waals surface area contributed by atoms with Crippen LogP contribution >= 0.6 is 0 Å². The van der Waals surface area contributed by atoms with Crippen LogP contribution in [0.5, 0.6) is 0 Å². The number of nitrogens with zero attached hydrogens (tertiary/aromatic N) is 1. The number of ether oxygens (including phenoxy) is 1. The second-order valence-corrected chi connectivity index (χ2v) is 5.11. The van der Waals surface area contributed by atoms with Crippen molar-refractivity contribution in [2.24, 2.45) is 5.92 Å². The molecule has 0 atom stereocenters. The molecule has 0 aliphatic rings. The predicted octanol–water partition coefficient (Wildman–Crippen LogP) is 3.38. The third-order valence-electron chi connectivity index (χ3n) is 2.73. The van der Waals surface area contributed by atoms with Gasteiger partial charge in [-0.25, -0.2) is 0 Å². The van der Waals surface area contributed by atoms with Crippen molar-refractivity contribution >= 4 is 11.4 Å². The smallest absolute Gasteiger partial charge is 0.0639 e. The molecular weight excluding hydrogens is 238 g/mol. The monoisotopic (exact) mass is 265 g/mol. The van der Waals surface area contributed by atoms with E-state index < -0.39 is 0 Å². The van der Waals surface area contributed by atoms with E-state index >= 15 is 0 Å². The lowest BCUT2D eigenvalue weighted by Gasteiger charge is -2.10. The maximum Gasteiger partial charge on any atom is 0.0639 e. The topological polar surface area (TPSA) is 46.2 Å². The third-order valence-corrected chi connectivity index (χ3v) is 2.73. The Morgan fingerprint density at radius 2 is 1.79 bits per heavy atom. The van der Waals surface area contributed by atoms with Gasteiger partial charge in [-0.3, -0.25) is 4.98 Å². The van der Waals surface area contributed by atoms with Crippen LogP contribution in [0.4, 0.5) is 11.4 Å². The van der Waals surface area contributed by atoms with Crippen LogP contribution in [0.3, 0.4) is 0 Å². The number of nitrogens with one attached hydrogen (secondary N) is 2. The molecule has 2 N–H and O–H groups in total. The van der Waals surface area contributed by atoms with Crippen LogP contribution in [0.1, 0.15) is 33.6 Å². The van der Waals surface area contributed by atoms with Crippen molar-refractivity contribution in [2.75, 3.05) is 36.9 Å². The molecule has 4 heteroatoms. The lowest BCUT2D eigenvalue weighted by Crippen LogP contribution is -2.11. The van der Waals surface area contributed by atoms with Gasteiger partial charge in [-0.2, -0.15) is 0 Å². The van der Waals surface area contributed by atoms with Gasteiger partial charge in [0.1, 0.15) is 0 Å². The second kappa shape index (κ2) is 9.62. The lowest BCUT2D eigenvalue weighted by molar-refractivity contribution is 0.132. The van der Waals surface area contributed by atoms with Gasteiger partial charge in [-0.05, 0) is 24.8 Å². The molecule has 1 rings (SSSR count). The zero-order valence-corrected chi connectivity index (χ0v) is 12.4. The van der Waals surface area contributed by atoms with Gasteiger partial charge in [0, 0.05) is 19.7 Å².